The van der Waals surface area contributed by atoms with Gasteiger partial charge in [0.1, 0.15) is 0 Å². The number of rotatable bonds is 4. The molecule has 0 bridgehead atoms. The molecule has 7 nitrogen and oxygen atoms in total. The first kappa shape index (κ1) is 16.8. The molecule has 25 heavy (non-hydrogen) atoms. The van der Waals surface area contributed by atoms with Gasteiger partial charge in [-0.15, -0.1) is 0 Å². The molecule has 3 aliphatic heterocycles. The Balaban J connectivity index is 1.34. The van der Waals surface area contributed by atoms with Crippen molar-refractivity contribution in [2.45, 2.75) is 50.7 Å². The molecule has 1 atom stereocenters. The predicted molar refractivity (Wildman–Crippen MR) is 94.3 cm³/mol. The summed E-state index contributed by atoms with van der Waals surface area (Å²) in [5, 5.41) is 7.63. The zero-order valence-electron chi connectivity index (χ0n) is 14.9. The van der Waals surface area contributed by atoms with Crippen LogP contribution in [0.15, 0.2) is 12.3 Å². The standard InChI is InChI=1S/C18H29N5O2/c24-18(21-9-1-2-10-21)19-7-3-16-13-22(15-5-11-25-12-6-15)14-17-4-8-20-23(16)17/h4,8,15-16H,1-3,5-7,9-14H2,(H,19,24). The molecule has 2 amide bonds. The summed E-state index contributed by atoms with van der Waals surface area (Å²) in [5.41, 5.74) is 1.29. The van der Waals surface area contributed by atoms with Crippen molar-refractivity contribution in [3.63, 3.8) is 0 Å². The van der Waals surface area contributed by atoms with Crippen molar-refractivity contribution in [3.8, 4) is 0 Å². The molecule has 0 spiro atoms. The third-order valence-electron chi connectivity index (χ3n) is 5.76. The van der Waals surface area contributed by atoms with E-state index in [0.29, 0.717) is 18.6 Å². The van der Waals surface area contributed by atoms with Crippen LogP contribution in [0.3, 0.4) is 0 Å². The van der Waals surface area contributed by atoms with E-state index < -0.39 is 0 Å². The molecule has 3 aliphatic rings. The third-order valence-corrected chi connectivity index (χ3v) is 5.76. The molecular weight excluding hydrogens is 318 g/mol. The summed E-state index contributed by atoms with van der Waals surface area (Å²) in [6, 6.07) is 3.16. The second kappa shape index (κ2) is 7.74. The quantitative estimate of drug-likeness (QED) is 0.899. The van der Waals surface area contributed by atoms with Crippen LogP contribution < -0.4 is 5.32 Å². The average molecular weight is 347 g/mol. The molecule has 1 aromatic heterocycles. The van der Waals surface area contributed by atoms with Gasteiger partial charge in [0.05, 0.1) is 11.7 Å². The van der Waals surface area contributed by atoms with Crippen molar-refractivity contribution in [1.29, 1.82) is 0 Å². The normalized spacial score (nSPS) is 25.1. The van der Waals surface area contributed by atoms with E-state index >= 15 is 0 Å². The molecule has 4 heterocycles. The maximum atomic E-state index is 12.2. The minimum atomic E-state index is 0.0929. The van der Waals surface area contributed by atoms with E-state index in [2.05, 4.69) is 26.1 Å². The lowest BCUT2D eigenvalue weighted by Crippen LogP contribution is -2.46. The van der Waals surface area contributed by atoms with Crippen LogP contribution in [0.25, 0.3) is 0 Å². The van der Waals surface area contributed by atoms with Gasteiger partial charge in [-0.25, -0.2) is 4.79 Å². The molecule has 0 radical (unpaired) electrons. The summed E-state index contributed by atoms with van der Waals surface area (Å²) in [6.07, 6.45) is 7.32. The summed E-state index contributed by atoms with van der Waals surface area (Å²) in [7, 11) is 0. The highest BCUT2D eigenvalue weighted by Gasteiger charge is 2.30. The maximum absolute atomic E-state index is 12.2. The van der Waals surface area contributed by atoms with Crippen LogP contribution in [-0.2, 0) is 11.3 Å². The number of nitrogens with one attached hydrogen (secondary N) is 1. The minimum absolute atomic E-state index is 0.0929. The first-order valence-electron chi connectivity index (χ1n) is 9.68. The Morgan fingerprint density at radius 1 is 1.28 bits per heavy atom. The number of urea groups is 1. The molecule has 1 aromatic rings. The Hall–Kier alpha value is -1.60. The Kier molecular flexibility index (Phi) is 5.22. The predicted octanol–water partition coefficient (Wildman–Crippen LogP) is 1.61. The van der Waals surface area contributed by atoms with Crippen molar-refractivity contribution in [2.24, 2.45) is 0 Å². The number of ether oxygens (including phenoxy) is 1. The summed E-state index contributed by atoms with van der Waals surface area (Å²) in [6.45, 7) is 6.24. The number of amides is 2. The van der Waals surface area contributed by atoms with E-state index in [4.69, 9.17) is 4.74 Å². The van der Waals surface area contributed by atoms with Crippen molar-refractivity contribution >= 4 is 6.03 Å². The summed E-state index contributed by atoms with van der Waals surface area (Å²) >= 11 is 0. The zero-order valence-corrected chi connectivity index (χ0v) is 14.9. The van der Waals surface area contributed by atoms with E-state index in [-0.39, 0.29) is 6.03 Å². The van der Waals surface area contributed by atoms with E-state index in [9.17, 15) is 4.79 Å². The number of likely N-dealkylation sites (tertiary alicyclic amines) is 1. The zero-order chi connectivity index (χ0) is 17.1. The molecule has 2 saturated heterocycles. The summed E-state index contributed by atoms with van der Waals surface area (Å²) < 4.78 is 7.68. The highest BCUT2D eigenvalue weighted by atomic mass is 16.5. The second-order valence-corrected chi connectivity index (χ2v) is 7.41. The minimum Gasteiger partial charge on any atom is -0.381 e. The number of aromatic nitrogens is 2. The topological polar surface area (TPSA) is 62.6 Å². The van der Waals surface area contributed by atoms with Crippen molar-refractivity contribution in [2.75, 3.05) is 39.4 Å². The van der Waals surface area contributed by atoms with Gasteiger partial charge in [-0.1, -0.05) is 0 Å². The first-order chi connectivity index (χ1) is 12.3. The first-order valence-corrected chi connectivity index (χ1v) is 9.68. The number of carbonyl (C=O) groups is 1. The molecule has 1 unspecified atom stereocenters. The smallest absolute Gasteiger partial charge is 0.317 e. The molecule has 138 valence electrons. The number of hydrogen-bond acceptors (Lipinski definition) is 4. The summed E-state index contributed by atoms with van der Waals surface area (Å²) in [5.74, 6) is 0. The van der Waals surface area contributed by atoms with Gasteiger partial charge in [-0.05, 0) is 38.2 Å². The Morgan fingerprint density at radius 3 is 2.88 bits per heavy atom. The summed E-state index contributed by atoms with van der Waals surface area (Å²) in [4.78, 5) is 16.7. The van der Waals surface area contributed by atoms with Crippen LogP contribution in [-0.4, -0.2) is 71.0 Å². The molecule has 0 aromatic carbocycles. The third kappa shape index (κ3) is 3.82. The van der Waals surface area contributed by atoms with E-state index in [0.717, 1.165) is 71.5 Å². The lowest BCUT2D eigenvalue weighted by atomic mass is 10.0. The van der Waals surface area contributed by atoms with Crippen molar-refractivity contribution < 1.29 is 9.53 Å². The van der Waals surface area contributed by atoms with Crippen LogP contribution in [0.5, 0.6) is 0 Å². The van der Waals surface area contributed by atoms with Crippen LogP contribution in [0.2, 0.25) is 0 Å². The average Bonchev–Trinajstić information content (AvgIpc) is 3.34. The molecule has 4 rings (SSSR count). The van der Waals surface area contributed by atoms with Gasteiger partial charge in [0.2, 0.25) is 0 Å². The number of nitrogens with zero attached hydrogens (tertiary/aromatic N) is 4. The van der Waals surface area contributed by atoms with E-state index in [1.165, 1.54) is 5.69 Å². The van der Waals surface area contributed by atoms with Gasteiger partial charge in [-0.3, -0.25) is 9.58 Å². The Bertz CT molecular complexity index is 578. The number of hydrogen-bond donors (Lipinski definition) is 1. The fourth-order valence-corrected chi connectivity index (χ4v) is 4.34. The van der Waals surface area contributed by atoms with Gasteiger partial charge >= 0.3 is 6.03 Å². The van der Waals surface area contributed by atoms with Gasteiger partial charge < -0.3 is 15.0 Å². The maximum Gasteiger partial charge on any atom is 0.317 e. The fraction of sp³-hybridized carbons (Fsp3) is 0.778. The van der Waals surface area contributed by atoms with Crippen molar-refractivity contribution in [1.82, 2.24) is 24.9 Å². The monoisotopic (exact) mass is 347 g/mol. The lowest BCUT2D eigenvalue weighted by molar-refractivity contribution is 0.0158. The van der Waals surface area contributed by atoms with Gasteiger partial charge in [0.15, 0.2) is 0 Å². The van der Waals surface area contributed by atoms with Gasteiger partial charge in [0.25, 0.3) is 0 Å². The van der Waals surface area contributed by atoms with Crippen LogP contribution in [0, 0.1) is 0 Å². The largest absolute Gasteiger partial charge is 0.381 e. The van der Waals surface area contributed by atoms with E-state index in [1.807, 2.05) is 11.1 Å². The second-order valence-electron chi connectivity index (χ2n) is 7.41. The van der Waals surface area contributed by atoms with Gasteiger partial charge in [0, 0.05) is 58.2 Å². The molecule has 0 saturated carbocycles. The van der Waals surface area contributed by atoms with Crippen molar-refractivity contribution in [3.05, 3.63) is 18.0 Å². The Morgan fingerprint density at radius 2 is 2.08 bits per heavy atom. The molecule has 2 fully saturated rings. The molecule has 7 heteroatoms. The van der Waals surface area contributed by atoms with Crippen LogP contribution in [0.1, 0.15) is 43.8 Å². The molecule has 0 aliphatic carbocycles. The molecular formula is C18H29N5O2. The van der Waals surface area contributed by atoms with Gasteiger partial charge in [-0.2, -0.15) is 5.10 Å². The SMILES string of the molecule is O=C(NCCC1CN(C2CCOCC2)Cc2ccnn21)N1CCCC1. The highest BCUT2D eigenvalue weighted by Crippen LogP contribution is 2.27. The molecule has 1 N–H and O–H groups in total. The Labute approximate surface area is 149 Å². The van der Waals surface area contributed by atoms with Crippen LogP contribution >= 0.6 is 0 Å². The number of carbonyl (C=O) groups excluding carboxylic acids is 1. The highest BCUT2D eigenvalue weighted by molar-refractivity contribution is 5.74. The van der Waals surface area contributed by atoms with E-state index in [1.54, 1.807) is 0 Å². The lowest BCUT2D eigenvalue weighted by Gasteiger charge is -2.40. The van der Waals surface area contributed by atoms with Crippen LogP contribution in [0.4, 0.5) is 4.79 Å². The fourth-order valence-electron chi connectivity index (χ4n) is 4.34. The number of fused-ring (bicyclic) bond motifs is 1.